The fourth-order valence-electron chi connectivity index (χ4n) is 3.44. The first-order chi connectivity index (χ1) is 14.3. The molecular weight excluding hydrogens is 395 g/mol. The number of fused-ring (bicyclic) bond motifs is 1. The van der Waals surface area contributed by atoms with Crippen molar-refractivity contribution in [3.05, 3.63) is 70.1 Å². The molecule has 0 fully saturated rings. The van der Waals surface area contributed by atoms with Gasteiger partial charge in [0.2, 0.25) is 5.91 Å². The van der Waals surface area contributed by atoms with Gasteiger partial charge in [0.25, 0.3) is 0 Å². The lowest BCUT2D eigenvalue weighted by Crippen LogP contribution is -2.29. The Morgan fingerprint density at radius 3 is 2.13 bits per heavy atom. The van der Waals surface area contributed by atoms with Crippen molar-refractivity contribution in [1.29, 1.82) is 0 Å². The third-order valence-electron chi connectivity index (χ3n) is 4.95. The van der Waals surface area contributed by atoms with Crippen LogP contribution in [0.5, 0.6) is 0 Å². The molecule has 1 N–H and O–H groups in total. The lowest BCUT2D eigenvalue weighted by molar-refractivity contribution is -0.137. The van der Waals surface area contributed by atoms with Gasteiger partial charge >= 0.3 is 11.9 Å². The van der Waals surface area contributed by atoms with Gasteiger partial charge in [0.15, 0.2) is 0 Å². The van der Waals surface area contributed by atoms with E-state index in [1.54, 1.807) is 9.13 Å². The minimum atomic E-state index is -4.36. The van der Waals surface area contributed by atoms with Crippen molar-refractivity contribution in [2.45, 2.75) is 45.5 Å². The molecule has 1 amide bonds. The molecule has 0 bridgehead atoms. The van der Waals surface area contributed by atoms with Crippen LogP contribution in [0.15, 0.2) is 53.3 Å². The molecular formula is C22H24F3N3O2. The molecule has 2 aromatic carbocycles. The van der Waals surface area contributed by atoms with E-state index >= 15 is 0 Å². The summed E-state index contributed by atoms with van der Waals surface area (Å²) < 4.78 is 41.1. The molecule has 1 heterocycles. The first-order valence-electron chi connectivity index (χ1n) is 9.92. The Hall–Kier alpha value is -3.03. The van der Waals surface area contributed by atoms with Gasteiger partial charge in [-0.1, -0.05) is 31.2 Å². The second kappa shape index (κ2) is 9.19. The SMILES string of the molecule is CCCn1c(=O)n(CCC(=O)NCCc2ccc(C(F)(F)F)cc2)c2ccccc21. The molecule has 3 rings (SSSR count). The number of para-hydroxylation sites is 2. The fraction of sp³-hybridized carbons (Fsp3) is 0.364. The summed E-state index contributed by atoms with van der Waals surface area (Å²) in [6, 6.07) is 12.4. The smallest absolute Gasteiger partial charge is 0.356 e. The van der Waals surface area contributed by atoms with Crippen LogP contribution in [0.3, 0.4) is 0 Å². The number of benzene rings is 2. The number of nitrogens with zero attached hydrogens (tertiary/aromatic N) is 2. The van der Waals surface area contributed by atoms with Crippen LogP contribution >= 0.6 is 0 Å². The van der Waals surface area contributed by atoms with Gasteiger partial charge in [0.1, 0.15) is 0 Å². The molecule has 0 aliphatic heterocycles. The van der Waals surface area contributed by atoms with Crippen LogP contribution in [0, 0.1) is 0 Å². The van der Waals surface area contributed by atoms with E-state index in [-0.39, 0.29) is 24.6 Å². The molecule has 160 valence electrons. The normalized spacial score (nSPS) is 11.7. The zero-order valence-corrected chi connectivity index (χ0v) is 16.7. The number of alkyl halides is 3. The Kier molecular flexibility index (Phi) is 6.64. The van der Waals surface area contributed by atoms with Crippen LogP contribution in [0.4, 0.5) is 13.2 Å². The van der Waals surface area contributed by atoms with Gasteiger partial charge in [0.05, 0.1) is 16.6 Å². The molecule has 8 heteroatoms. The first kappa shape index (κ1) is 21.7. The highest BCUT2D eigenvalue weighted by Crippen LogP contribution is 2.29. The number of carbonyl (C=O) groups excluding carboxylic acids is 1. The van der Waals surface area contributed by atoms with E-state index < -0.39 is 11.7 Å². The molecule has 0 aliphatic rings. The monoisotopic (exact) mass is 419 g/mol. The second-order valence-electron chi connectivity index (χ2n) is 7.12. The Bertz CT molecular complexity index is 1070. The molecule has 1 aromatic heterocycles. The number of amides is 1. The van der Waals surface area contributed by atoms with E-state index in [4.69, 9.17) is 0 Å². The van der Waals surface area contributed by atoms with E-state index in [1.165, 1.54) is 12.1 Å². The molecule has 0 atom stereocenters. The maximum Gasteiger partial charge on any atom is 0.416 e. The van der Waals surface area contributed by atoms with Gasteiger partial charge in [-0.25, -0.2) is 4.79 Å². The van der Waals surface area contributed by atoms with Gasteiger partial charge in [-0.15, -0.1) is 0 Å². The summed E-state index contributed by atoms with van der Waals surface area (Å²) in [5.74, 6) is -0.207. The summed E-state index contributed by atoms with van der Waals surface area (Å²) in [7, 11) is 0. The number of rotatable bonds is 8. The quantitative estimate of drug-likeness (QED) is 0.601. The van der Waals surface area contributed by atoms with Gasteiger partial charge in [0, 0.05) is 26.1 Å². The van der Waals surface area contributed by atoms with Crippen LogP contribution in [0.2, 0.25) is 0 Å². The molecule has 0 saturated carbocycles. The topological polar surface area (TPSA) is 56.0 Å². The first-order valence-corrected chi connectivity index (χ1v) is 9.92. The molecule has 30 heavy (non-hydrogen) atoms. The van der Waals surface area contributed by atoms with Crippen molar-refractivity contribution in [2.24, 2.45) is 0 Å². The van der Waals surface area contributed by atoms with Crippen LogP contribution in [-0.2, 0) is 30.5 Å². The van der Waals surface area contributed by atoms with E-state index in [2.05, 4.69) is 5.32 Å². The molecule has 0 spiro atoms. The van der Waals surface area contributed by atoms with Crippen LogP contribution < -0.4 is 11.0 Å². The van der Waals surface area contributed by atoms with Crippen LogP contribution in [0.25, 0.3) is 11.0 Å². The standard InChI is InChI=1S/C22H24F3N3O2/c1-2-14-27-18-5-3-4-6-19(18)28(21(27)30)15-12-20(29)26-13-11-16-7-9-17(10-8-16)22(23,24)25/h3-10H,2,11-15H2,1H3,(H,26,29). The third kappa shape index (κ3) is 4.93. The lowest BCUT2D eigenvalue weighted by Gasteiger charge is -2.09. The number of nitrogens with one attached hydrogen (secondary N) is 1. The summed E-state index contributed by atoms with van der Waals surface area (Å²) in [6.07, 6.45) is -2.95. The summed E-state index contributed by atoms with van der Waals surface area (Å²) >= 11 is 0. The second-order valence-corrected chi connectivity index (χ2v) is 7.12. The van der Waals surface area contributed by atoms with Crippen molar-refractivity contribution in [3.63, 3.8) is 0 Å². The van der Waals surface area contributed by atoms with E-state index in [1.807, 2.05) is 31.2 Å². The minimum absolute atomic E-state index is 0.129. The van der Waals surface area contributed by atoms with E-state index in [0.717, 1.165) is 29.6 Å². The van der Waals surface area contributed by atoms with Gasteiger partial charge in [-0.05, 0) is 42.7 Å². The Labute approximate surface area is 172 Å². The largest absolute Gasteiger partial charge is 0.416 e. The zero-order chi connectivity index (χ0) is 21.7. The predicted molar refractivity (Wildman–Crippen MR) is 109 cm³/mol. The lowest BCUT2D eigenvalue weighted by atomic mass is 10.1. The molecule has 0 saturated heterocycles. The van der Waals surface area contributed by atoms with E-state index in [0.29, 0.717) is 25.1 Å². The molecule has 0 aliphatic carbocycles. The number of halogens is 3. The molecule has 0 unspecified atom stereocenters. The van der Waals surface area contributed by atoms with Crippen LogP contribution in [-0.4, -0.2) is 21.6 Å². The van der Waals surface area contributed by atoms with Crippen molar-refractivity contribution in [1.82, 2.24) is 14.5 Å². The summed E-state index contributed by atoms with van der Waals surface area (Å²) in [5.41, 5.74) is 1.54. The van der Waals surface area contributed by atoms with Crippen molar-refractivity contribution in [3.8, 4) is 0 Å². The third-order valence-corrected chi connectivity index (χ3v) is 4.95. The highest BCUT2D eigenvalue weighted by Gasteiger charge is 2.29. The van der Waals surface area contributed by atoms with Gasteiger partial charge in [-0.2, -0.15) is 13.2 Å². The predicted octanol–water partition coefficient (Wildman–Crippen LogP) is 3.98. The number of hydrogen-bond acceptors (Lipinski definition) is 2. The van der Waals surface area contributed by atoms with Crippen LogP contribution in [0.1, 0.15) is 30.9 Å². The van der Waals surface area contributed by atoms with Gasteiger partial charge in [-0.3, -0.25) is 13.9 Å². The summed E-state index contributed by atoms with van der Waals surface area (Å²) in [5, 5.41) is 2.76. The number of imidazole rings is 1. The molecule has 5 nitrogen and oxygen atoms in total. The fourth-order valence-corrected chi connectivity index (χ4v) is 3.44. The highest BCUT2D eigenvalue weighted by molar-refractivity contribution is 5.78. The number of aryl methyl sites for hydroxylation is 2. The highest BCUT2D eigenvalue weighted by atomic mass is 19.4. The number of hydrogen-bond donors (Lipinski definition) is 1. The Morgan fingerprint density at radius 1 is 0.967 bits per heavy atom. The van der Waals surface area contributed by atoms with Gasteiger partial charge < -0.3 is 5.32 Å². The Balaban J connectivity index is 1.55. The number of aromatic nitrogens is 2. The minimum Gasteiger partial charge on any atom is -0.356 e. The van der Waals surface area contributed by atoms with Crippen molar-refractivity contribution >= 4 is 16.9 Å². The average Bonchev–Trinajstić information content (AvgIpc) is 2.98. The van der Waals surface area contributed by atoms with Crippen molar-refractivity contribution in [2.75, 3.05) is 6.54 Å². The summed E-state index contributed by atoms with van der Waals surface area (Å²) in [6.45, 7) is 3.20. The maximum absolute atomic E-state index is 12.7. The van der Waals surface area contributed by atoms with E-state index in [9.17, 15) is 22.8 Å². The maximum atomic E-state index is 12.7. The van der Waals surface area contributed by atoms with Crippen molar-refractivity contribution < 1.29 is 18.0 Å². The molecule has 0 radical (unpaired) electrons. The molecule has 3 aromatic rings. The Morgan fingerprint density at radius 2 is 1.57 bits per heavy atom. The number of carbonyl (C=O) groups is 1. The average molecular weight is 419 g/mol. The summed E-state index contributed by atoms with van der Waals surface area (Å²) in [4.78, 5) is 24.9. The zero-order valence-electron chi connectivity index (χ0n) is 16.7.